The van der Waals surface area contributed by atoms with Gasteiger partial charge in [0, 0.05) is 19.3 Å². The second kappa shape index (κ2) is 68.6. The van der Waals surface area contributed by atoms with Crippen molar-refractivity contribution in [1.82, 2.24) is 0 Å². The second-order valence-corrected chi connectivity index (χ2v) is 22.7. The Morgan fingerprint density at radius 3 is 0.790 bits per heavy atom. The fourth-order valence-corrected chi connectivity index (χ4v) is 9.63. The van der Waals surface area contributed by atoms with Crippen molar-refractivity contribution in [3.8, 4) is 0 Å². The molecule has 0 N–H and O–H groups in total. The molecule has 0 aromatic rings. The maximum atomic E-state index is 12.9. The summed E-state index contributed by atoms with van der Waals surface area (Å²) in [5.41, 5.74) is 0. The number of carbonyl (C=O) groups excluding carboxylic acids is 3. The summed E-state index contributed by atoms with van der Waals surface area (Å²) in [7, 11) is 0. The van der Waals surface area contributed by atoms with Crippen LogP contribution in [0.5, 0.6) is 0 Å². The van der Waals surface area contributed by atoms with E-state index in [1.165, 1.54) is 161 Å². The van der Waals surface area contributed by atoms with Crippen LogP contribution in [0, 0.1) is 0 Å². The normalized spacial score (nSPS) is 12.8. The zero-order valence-corrected chi connectivity index (χ0v) is 53.3. The van der Waals surface area contributed by atoms with Gasteiger partial charge in [0.05, 0.1) is 0 Å². The van der Waals surface area contributed by atoms with Crippen molar-refractivity contribution in [2.24, 2.45) is 0 Å². The van der Waals surface area contributed by atoms with Crippen LogP contribution in [0.25, 0.3) is 0 Å². The number of ether oxygens (including phenoxy) is 3. The van der Waals surface area contributed by atoms with Crippen LogP contribution >= 0.6 is 0 Å². The molecular weight excluding hydrogens is 997 g/mol. The van der Waals surface area contributed by atoms with Crippen LogP contribution in [0.1, 0.15) is 329 Å². The number of rotatable bonds is 62. The van der Waals surface area contributed by atoms with Gasteiger partial charge in [-0.15, -0.1) is 0 Å². The van der Waals surface area contributed by atoms with Gasteiger partial charge in [0.1, 0.15) is 13.2 Å². The number of esters is 3. The van der Waals surface area contributed by atoms with E-state index < -0.39 is 6.10 Å². The second-order valence-electron chi connectivity index (χ2n) is 22.7. The van der Waals surface area contributed by atoms with E-state index >= 15 is 0 Å². The van der Waals surface area contributed by atoms with Crippen LogP contribution < -0.4 is 0 Å². The minimum Gasteiger partial charge on any atom is -0.462 e. The number of allylic oxidation sites excluding steroid dienone is 18. The number of unbranched alkanes of at least 4 members (excludes halogenated alkanes) is 33. The summed E-state index contributed by atoms with van der Waals surface area (Å²) in [6.45, 7) is 6.51. The fraction of sp³-hybridized carbons (Fsp3) is 0.720. The molecule has 0 aromatic carbocycles. The maximum absolute atomic E-state index is 12.9. The lowest BCUT2D eigenvalue weighted by atomic mass is 10.0. The Balaban J connectivity index is 4.34. The fourth-order valence-electron chi connectivity index (χ4n) is 9.63. The molecule has 0 radical (unpaired) electrons. The third kappa shape index (κ3) is 66.8. The topological polar surface area (TPSA) is 78.9 Å². The molecule has 0 spiro atoms. The third-order valence-corrected chi connectivity index (χ3v) is 14.8. The highest BCUT2D eigenvalue weighted by Gasteiger charge is 2.19. The molecule has 0 aliphatic heterocycles. The Hall–Kier alpha value is -3.93. The monoisotopic (exact) mass is 1120 g/mol. The molecule has 0 aliphatic rings. The molecule has 0 rings (SSSR count). The van der Waals surface area contributed by atoms with Gasteiger partial charge in [0.2, 0.25) is 0 Å². The van der Waals surface area contributed by atoms with Gasteiger partial charge in [-0.3, -0.25) is 14.4 Å². The van der Waals surface area contributed by atoms with Gasteiger partial charge < -0.3 is 14.2 Å². The van der Waals surface area contributed by atoms with Crippen LogP contribution in [-0.4, -0.2) is 37.2 Å². The summed E-state index contributed by atoms with van der Waals surface area (Å²) in [5.74, 6) is -0.910. The molecule has 0 saturated heterocycles. The standard InChI is InChI=1S/C75H128O6/c1-4-7-10-13-16-19-22-25-27-29-31-33-35-36-37-38-39-40-41-43-44-46-48-50-53-56-59-62-65-68-74(77)80-71-72(70-79-73(76)67-64-61-58-55-52-24-21-18-15-12-9-6-3)81-75(78)69-66-63-60-57-54-51-49-47-45-42-34-32-30-28-26-23-20-17-14-11-8-5-2/h7,10,16,18-19,21,25,27,31,33,36-37,39-40,43-44,48,50,72H,4-6,8-9,11-15,17,20,22-24,26,28-30,32,34-35,38,41-42,45-47,49,51-71H2,1-3H3/b10-7-,19-16-,21-18-,27-25-,33-31-,37-36-,40-39-,44-43-,50-48-. The summed E-state index contributed by atoms with van der Waals surface area (Å²) in [4.78, 5) is 38.4. The molecule has 1 atom stereocenters. The Morgan fingerprint density at radius 2 is 0.481 bits per heavy atom. The molecule has 0 amide bonds. The largest absolute Gasteiger partial charge is 0.462 e. The summed E-state index contributed by atoms with van der Waals surface area (Å²) < 4.78 is 16.9. The minimum absolute atomic E-state index is 0.0887. The molecule has 6 heteroatoms. The van der Waals surface area contributed by atoms with Gasteiger partial charge >= 0.3 is 17.9 Å². The Labute approximate surface area is 501 Å². The molecular formula is C75H128O6. The summed E-state index contributed by atoms with van der Waals surface area (Å²) >= 11 is 0. The average Bonchev–Trinajstić information content (AvgIpc) is 3.47. The molecule has 6 nitrogen and oxygen atoms in total. The summed E-state index contributed by atoms with van der Waals surface area (Å²) in [5, 5.41) is 0. The number of hydrogen-bond acceptors (Lipinski definition) is 6. The van der Waals surface area contributed by atoms with E-state index in [1.807, 2.05) is 0 Å². The Kier molecular flexibility index (Phi) is 65.2. The van der Waals surface area contributed by atoms with E-state index in [0.717, 1.165) is 128 Å². The van der Waals surface area contributed by atoms with Gasteiger partial charge in [-0.25, -0.2) is 0 Å². The first-order chi connectivity index (χ1) is 40.0. The molecule has 0 aliphatic carbocycles. The highest BCUT2D eigenvalue weighted by molar-refractivity contribution is 5.71. The maximum Gasteiger partial charge on any atom is 0.306 e. The first-order valence-corrected chi connectivity index (χ1v) is 34.4. The predicted octanol–water partition coefficient (Wildman–Crippen LogP) is 23.8. The van der Waals surface area contributed by atoms with E-state index in [-0.39, 0.29) is 31.1 Å². The lowest BCUT2D eigenvalue weighted by molar-refractivity contribution is -0.167. The molecule has 0 fully saturated rings. The highest BCUT2D eigenvalue weighted by Crippen LogP contribution is 2.17. The van der Waals surface area contributed by atoms with Crippen LogP contribution in [0.15, 0.2) is 109 Å². The Bertz CT molecular complexity index is 1620. The number of hydrogen-bond donors (Lipinski definition) is 0. The van der Waals surface area contributed by atoms with Crippen LogP contribution in [0.2, 0.25) is 0 Å². The van der Waals surface area contributed by atoms with Crippen molar-refractivity contribution in [2.45, 2.75) is 335 Å². The first kappa shape index (κ1) is 77.1. The van der Waals surface area contributed by atoms with Gasteiger partial charge in [0.25, 0.3) is 0 Å². The lowest BCUT2D eigenvalue weighted by Gasteiger charge is -2.18. The van der Waals surface area contributed by atoms with Crippen molar-refractivity contribution in [1.29, 1.82) is 0 Å². The van der Waals surface area contributed by atoms with Crippen molar-refractivity contribution in [3.63, 3.8) is 0 Å². The minimum atomic E-state index is -0.793. The van der Waals surface area contributed by atoms with Gasteiger partial charge in [-0.1, -0.05) is 310 Å². The molecule has 0 heterocycles. The molecule has 0 bridgehead atoms. The molecule has 81 heavy (non-hydrogen) atoms. The van der Waals surface area contributed by atoms with E-state index in [9.17, 15) is 14.4 Å². The number of carbonyl (C=O) groups is 3. The van der Waals surface area contributed by atoms with Crippen molar-refractivity contribution in [2.75, 3.05) is 13.2 Å². The average molecular weight is 1130 g/mol. The zero-order valence-electron chi connectivity index (χ0n) is 53.3. The summed E-state index contributed by atoms with van der Waals surface area (Å²) in [6.07, 6.45) is 94.0. The molecule has 1 unspecified atom stereocenters. The quantitative estimate of drug-likeness (QED) is 0.0261. The van der Waals surface area contributed by atoms with Crippen LogP contribution in [0.3, 0.4) is 0 Å². The van der Waals surface area contributed by atoms with Gasteiger partial charge in [0.15, 0.2) is 6.10 Å². The third-order valence-electron chi connectivity index (χ3n) is 14.8. The van der Waals surface area contributed by atoms with Gasteiger partial charge in [-0.2, -0.15) is 0 Å². The lowest BCUT2D eigenvalue weighted by Crippen LogP contribution is -2.30. The van der Waals surface area contributed by atoms with E-state index in [0.29, 0.717) is 19.3 Å². The van der Waals surface area contributed by atoms with Crippen molar-refractivity contribution < 1.29 is 28.6 Å². The van der Waals surface area contributed by atoms with Crippen LogP contribution in [-0.2, 0) is 28.6 Å². The smallest absolute Gasteiger partial charge is 0.306 e. The van der Waals surface area contributed by atoms with Crippen LogP contribution in [0.4, 0.5) is 0 Å². The molecule has 0 saturated carbocycles. The molecule has 464 valence electrons. The SMILES string of the molecule is CC/C=C\C/C=C\C/C=C\C/C=C\C/C=C\C/C=C\C/C=C\C/C=C\CCCCCCC(=O)OCC(COC(=O)CCCCCCC/C=C\CCCCC)OC(=O)CCCCCCCCCCCCCCCCCCCCCCCC. The van der Waals surface area contributed by atoms with Crippen molar-refractivity contribution in [3.05, 3.63) is 109 Å². The van der Waals surface area contributed by atoms with Gasteiger partial charge in [-0.05, 0) is 109 Å². The first-order valence-electron chi connectivity index (χ1n) is 34.4. The van der Waals surface area contributed by atoms with E-state index in [2.05, 4.69) is 130 Å². The predicted molar refractivity (Wildman–Crippen MR) is 353 cm³/mol. The highest BCUT2D eigenvalue weighted by atomic mass is 16.6. The Morgan fingerprint density at radius 1 is 0.259 bits per heavy atom. The molecule has 0 aromatic heterocycles. The summed E-state index contributed by atoms with van der Waals surface area (Å²) in [6, 6.07) is 0. The van der Waals surface area contributed by atoms with E-state index in [1.54, 1.807) is 0 Å². The van der Waals surface area contributed by atoms with Crippen molar-refractivity contribution >= 4 is 17.9 Å². The van der Waals surface area contributed by atoms with E-state index in [4.69, 9.17) is 14.2 Å². The zero-order chi connectivity index (χ0) is 58.5.